The summed E-state index contributed by atoms with van der Waals surface area (Å²) in [4.78, 5) is 0.0891. The zero-order valence-electron chi connectivity index (χ0n) is 11.9. The van der Waals surface area contributed by atoms with E-state index in [-0.39, 0.29) is 23.0 Å². The zero-order chi connectivity index (χ0) is 15.3. The second kappa shape index (κ2) is 6.89. The van der Waals surface area contributed by atoms with Crippen molar-refractivity contribution < 1.29 is 17.9 Å². The van der Waals surface area contributed by atoms with Gasteiger partial charge in [-0.25, -0.2) is 13.1 Å². The number of furan rings is 1. The summed E-state index contributed by atoms with van der Waals surface area (Å²) in [6, 6.07) is 11.3. The molecule has 6 heteroatoms. The first-order valence-corrected chi connectivity index (χ1v) is 8.25. The minimum Gasteiger partial charge on any atom is -0.462 e. The van der Waals surface area contributed by atoms with Gasteiger partial charge in [0.15, 0.2) is 0 Å². The molecule has 21 heavy (non-hydrogen) atoms. The van der Waals surface area contributed by atoms with E-state index in [0.29, 0.717) is 13.0 Å². The molecule has 0 atom stereocenters. The molecule has 2 rings (SSSR count). The van der Waals surface area contributed by atoms with Gasteiger partial charge in [0.1, 0.15) is 23.0 Å². The number of benzene rings is 1. The normalized spacial score (nSPS) is 11.7. The standard InChI is InChI=1S/C15H19NO4S/c1-12-15(10-14(11-17)20-12)21(18,19)16-9-5-8-13-6-3-2-4-7-13/h2-4,6-7,10,16-17H,5,8-9,11H2,1H3. The highest BCUT2D eigenvalue weighted by Gasteiger charge is 2.20. The van der Waals surface area contributed by atoms with Crippen molar-refractivity contribution in [1.29, 1.82) is 0 Å². The summed E-state index contributed by atoms with van der Waals surface area (Å²) in [5.41, 5.74) is 1.18. The number of aliphatic hydroxyl groups excluding tert-OH is 1. The molecule has 2 aromatic rings. The monoisotopic (exact) mass is 309 g/mol. The molecule has 0 bridgehead atoms. The van der Waals surface area contributed by atoms with Crippen LogP contribution in [-0.4, -0.2) is 20.1 Å². The molecule has 0 spiro atoms. The van der Waals surface area contributed by atoms with Crippen molar-refractivity contribution in [1.82, 2.24) is 4.72 Å². The summed E-state index contributed by atoms with van der Waals surface area (Å²) in [5.74, 6) is 0.534. The van der Waals surface area contributed by atoms with E-state index in [1.54, 1.807) is 6.92 Å². The van der Waals surface area contributed by atoms with E-state index in [2.05, 4.69) is 4.72 Å². The summed E-state index contributed by atoms with van der Waals surface area (Å²) >= 11 is 0. The molecular formula is C15H19NO4S. The highest BCUT2D eigenvalue weighted by atomic mass is 32.2. The number of nitrogens with one attached hydrogen (secondary N) is 1. The Labute approximate surface area is 124 Å². The Balaban J connectivity index is 1.91. The van der Waals surface area contributed by atoms with Crippen LogP contribution < -0.4 is 4.72 Å². The van der Waals surface area contributed by atoms with Crippen LogP contribution in [0.2, 0.25) is 0 Å². The average Bonchev–Trinajstić information content (AvgIpc) is 2.87. The Hall–Kier alpha value is -1.63. The van der Waals surface area contributed by atoms with Crippen LogP contribution in [0.1, 0.15) is 23.5 Å². The molecule has 0 aliphatic heterocycles. The molecule has 0 aliphatic carbocycles. The highest BCUT2D eigenvalue weighted by Crippen LogP contribution is 2.19. The number of rotatable bonds is 7. The van der Waals surface area contributed by atoms with Crippen molar-refractivity contribution in [2.75, 3.05) is 6.54 Å². The Morgan fingerprint density at radius 2 is 1.95 bits per heavy atom. The number of aryl methyl sites for hydroxylation is 2. The first-order chi connectivity index (χ1) is 10.0. The van der Waals surface area contributed by atoms with Gasteiger partial charge >= 0.3 is 0 Å². The molecule has 114 valence electrons. The molecule has 1 aromatic heterocycles. The molecule has 0 fully saturated rings. The minimum atomic E-state index is -3.59. The van der Waals surface area contributed by atoms with Crippen molar-refractivity contribution in [3.63, 3.8) is 0 Å². The first-order valence-electron chi connectivity index (χ1n) is 6.76. The molecular weight excluding hydrogens is 290 g/mol. The first kappa shape index (κ1) is 15.8. The SMILES string of the molecule is Cc1oc(CO)cc1S(=O)(=O)NCCCc1ccccc1. The molecule has 0 unspecified atom stereocenters. The van der Waals surface area contributed by atoms with Gasteiger partial charge < -0.3 is 9.52 Å². The Morgan fingerprint density at radius 1 is 1.24 bits per heavy atom. The van der Waals surface area contributed by atoms with E-state index in [1.807, 2.05) is 30.3 Å². The van der Waals surface area contributed by atoms with Gasteiger partial charge in [-0.1, -0.05) is 30.3 Å². The lowest BCUT2D eigenvalue weighted by Gasteiger charge is -2.05. The summed E-state index contributed by atoms with van der Waals surface area (Å²) in [6.07, 6.45) is 1.53. The second-order valence-electron chi connectivity index (χ2n) is 4.78. The maximum Gasteiger partial charge on any atom is 0.244 e. The number of aliphatic hydroxyl groups is 1. The van der Waals surface area contributed by atoms with E-state index in [1.165, 1.54) is 11.6 Å². The third kappa shape index (κ3) is 4.17. The van der Waals surface area contributed by atoms with Gasteiger partial charge in [-0.2, -0.15) is 0 Å². The molecule has 0 saturated carbocycles. The van der Waals surface area contributed by atoms with E-state index < -0.39 is 10.0 Å². The van der Waals surface area contributed by atoms with Crippen molar-refractivity contribution in [3.8, 4) is 0 Å². The van der Waals surface area contributed by atoms with E-state index >= 15 is 0 Å². The predicted molar refractivity (Wildman–Crippen MR) is 79.3 cm³/mol. The van der Waals surface area contributed by atoms with Crippen molar-refractivity contribution in [3.05, 3.63) is 53.5 Å². The topological polar surface area (TPSA) is 79.5 Å². The zero-order valence-corrected chi connectivity index (χ0v) is 12.7. The van der Waals surface area contributed by atoms with Gasteiger partial charge in [0.2, 0.25) is 10.0 Å². The maximum absolute atomic E-state index is 12.1. The number of sulfonamides is 1. The van der Waals surface area contributed by atoms with Crippen LogP contribution in [0.25, 0.3) is 0 Å². The van der Waals surface area contributed by atoms with Crippen LogP contribution >= 0.6 is 0 Å². The lowest BCUT2D eigenvalue weighted by molar-refractivity contribution is 0.244. The molecule has 1 aromatic carbocycles. The van der Waals surface area contributed by atoms with Gasteiger partial charge in [0.05, 0.1) is 0 Å². The quantitative estimate of drug-likeness (QED) is 0.767. The van der Waals surface area contributed by atoms with Crippen molar-refractivity contribution in [2.45, 2.75) is 31.3 Å². The van der Waals surface area contributed by atoms with Crippen LogP contribution in [0.5, 0.6) is 0 Å². The van der Waals surface area contributed by atoms with Gasteiger partial charge in [-0.05, 0) is 25.3 Å². The third-order valence-corrected chi connectivity index (χ3v) is 4.71. The van der Waals surface area contributed by atoms with Gasteiger partial charge in [0, 0.05) is 12.6 Å². The molecule has 2 N–H and O–H groups in total. The van der Waals surface area contributed by atoms with Crippen molar-refractivity contribution in [2.24, 2.45) is 0 Å². The number of hydrogen-bond acceptors (Lipinski definition) is 4. The van der Waals surface area contributed by atoms with Crippen LogP contribution in [0.15, 0.2) is 45.7 Å². The molecule has 1 heterocycles. The van der Waals surface area contributed by atoms with E-state index in [4.69, 9.17) is 9.52 Å². The smallest absolute Gasteiger partial charge is 0.244 e. The lowest BCUT2D eigenvalue weighted by Crippen LogP contribution is -2.25. The summed E-state index contributed by atoms with van der Waals surface area (Å²) in [6.45, 7) is 1.61. The Kier molecular flexibility index (Phi) is 5.17. The highest BCUT2D eigenvalue weighted by molar-refractivity contribution is 7.89. The molecule has 0 radical (unpaired) electrons. The van der Waals surface area contributed by atoms with Gasteiger partial charge in [-0.3, -0.25) is 0 Å². The molecule has 5 nitrogen and oxygen atoms in total. The van der Waals surface area contributed by atoms with Crippen LogP contribution in [0, 0.1) is 6.92 Å². The van der Waals surface area contributed by atoms with E-state index in [9.17, 15) is 8.42 Å². The van der Waals surface area contributed by atoms with Gasteiger partial charge in [-0.15, -0.1) is 0 Å². The third-order valence-electron chi connectivity index (χ3n) is 3.15. The fourth-order valence-corrected chi connectivity index (χ4v) is 3.37. The van der Waals surface area contributed by atoms with Crippen LogP contribution in [0.4, 0.5) is 0 Å². The average molecular weight is 309 g/mol. The van der Waals surface area contributed by atoms with E-state index in [0.717, 1.165) is 6.42 Å². The largest absolute Gasteiger partial charge is 0.462 e. The van der Waals surface area contributed by atoms with Crippen molar-refractivity contribution >= 4 is 10.0 Å². The summed E-state index contributed by atoms with van der Waals surface area (Å²) in [5, 5.41) is 8.97. The summed E-state index contributed by atoms with van der Waals surface area (Å²) < 4.78 is 32.0. The van der Waals surface area contributed by atoms with Gasteiger partial charge in [0.25, 0.3) is 0 Å². The Bertz CT molecular complexity index is 677. The van der Waals surface area contributed by atoms with Crippen LogP contribution in [-0.2, 0) is 23.1 Å². The molecule has 0 saturated heterocycles. The maximum atomic E-state index is 12.1. The molecule has 0 amide bonds. The lowest BCUT2D eigenvalue weighted by atomic mass is 10.1. The molecule has 0 aliphatic rings. The predicted octanol–water partition coefficient (Wildman–Crippen LogP) is 1.99. The Morgan fingerprint density at radius 3 is 2.57 bits per heavy atom. The fourth-order valence-electron chi connectivity index (χ4n) is 2.09. The van der Waals surface area contributed by atoms with Crippen LogP contribution in [0.3, 0.4) is 0 Å². The second-order valence-corrected chi connectivity index (χ2v) is 6.51. The minimum absolute atomic E-state index is 0.0891. The summed E-state index contributed by atoms with van der Waals surface area (Å²) in [7, 11) is -3.59. The fraction of sp³-hybridized carbons (Fsp3) is 0.333. The number of hydrogen-bond donors (Lipinski definition) is 2.